The third-order valence-electron chi connectivity index (χ3n) is 5.02. The minimum atomic E-state index is -0.472. The number of carbonyl (C=O) groups excluding carboxylic acids is 1. The van der Waals surface area contributed by atoms with Crippen LogP contribution in [0.4, 0.5) is 0 Å². The van der Waals surface area contributed by atoms with Crippen LogP contribution in [0.2, 0.25) is 0 Å². The third-order valence-corrected chi connectivity index (χ3v) is 5.02. The van der Waals surface area contributed by atoms with Gasteiger partial charge in [-0.2, -0.15) is 5.26 Å². The summed E-state index contributed by atoms with van der Waals surface area (Å²) in [7, 11) is 0. The highest BCUT2D eigenvalue weighted by atomic mass is 16.5. The van der Waals surface area contributed by atoms with Gasteiger partial charge in [-0.3, -0.25) is 0 Å². The number of nitrogens with zero attached hydrogens (tertiary/aromatic N) is 1. The first kappa shape index (κ1) is 22.4. The Bertz CT molecular complexity index is 758. The van der Waals surface area contributed by atoms with Crippen LogP contribution in [0, 0.1) is 11.3 Å². The Labute approximate surface area is 175 Å². The molecule has 3 heteroatoms. The number of benzene rings is 2. The number of allylic oxidation sites excluding steroid dienone is 1. The molecular weight excluding hydrogens is 358 g/mol. The zero-order chi connectivity index (χ0) is 20.7. The van der Waals surface area contributed by atoms with Crippen molar-refractivity contribution in [3.63, 3.8) is 0 Å². The average Bonchev–Trinajstić information content (AvgIpc) is 2.77. The molecule has 2 aromatic carbocycles. The Kier molecular flexibility index (Phi) is 10.3. The first-order valence-electron chi connectivity index (χ1n) is 10.6. The molecule has 0 aliphatic rings. The minimum Gasteiger partial charge on any atom is -0.462 e. The van der Waals surface area contributed by atoms with E-state index < -0.39 is 5.97 Å². The summed E-state index contributed by atoms with van der Waals surface area (Å²) >= 11 is 0. The summed E-state index contributed by atoms with van der Waals surface area (Å²) in [6.45, 7) is 2.53. The number of ether oxygens (including phenoxy) is 1. The molecule has 2 rings (SSSR count). The largest absolute Gasteiger partial charge is 0.462 e. The lowest BCUT2D eigenvalue weighted by atomic mass is 9.94. The van der Waals surface area contributed by atoms with Crippen LogP contribution in [0.15, 0.2) is 71.8 Å². The third kappa shape index (κ3) is 8.35. The van der Waals surface area contributed by atoms with E-state index >= 15 is 0 Å². The molecule has 0 aliphatic carbocycles. The zero-order valence-corrected chi connectivity index (χ0v) is 17.4. The molecule has 0 radical (unpaired) electrons. The number of aryl methyl sites for hydroxylation is 2. The molecule has 0 saturated heterocycles. The van der Waals surface area contributed by atoms with Gasteiger partial charge in [0, 0.05) is 0 Å². The first-order valence-corrected chi connectivity index (χ1v) is 10.6. The molecule has 0 heterocycles. The molecule has 0 aromatic heterocycles. The van der Waals surface area contributed by atoms with Crippen LogP contribution in [0.1, 0.15) is 56.6 Å². The van der Waals surface area contributed by atoms with Gasteiger partial charge in [0.15, 0.2) is 0 Å². The highest BCUT2D eigenvalue weighted by molar-refractivity contribution is 5.93. The van der Waals surface area contributed by atoms with Crippen molar-refractivity contribution < 1.29 is 9.53 Å². The predicted octanol–water partition coefficient (Wildman–Crippen LogP) is 6.20. The van der Waals surface area contributed by atoms with Crippen molar-refractivity contribution >= 4 is 5.97 Å². The van der Waals surface area contributed by atoms with E-state index in [1.54, 1.807) is 0 Å². The summed E-state index contributed by atoms with van der Waals surface area (Å²) in [5.41, 5.74) is 3.48. The number of unbranched alkanes of at least 4 members (excludes halogenated alkanes) is 3. The topological polar surface area (TPSA) is 50.1 Å². The molecule has 29 heavy (non-hydrogen) atoms. The normalized spacial score (nSPS) is 10.2. The van der Waals surface area contributed by atoms with Gasteiger partial charge in [-0.25, -0.2) is 4.79 Å². The highest BCUT2D eigenvalue weighted by Crippen LogP contribution is 2.20. The number of nitriles is 1. The second-order valence-electron chi connectivity index (χ2n) is 7.26. The highest BCUT2D eigenvalue weighted by Gasteiger charge is 2.17. The van der Waals surface area contributed by atoms with Gasteiger partial charge >= 0.3 is 5.97 Å². The lowest BCUT2D eigenvalue weighted by Crippen LogP contribution is -2.11. The van der Waals surface area contributed by atoms with E-state index in [2.05, 4.69) is 37.3 Å². The summed E-state index contributed by atoms with van der Waals surface area (Å²) in [6.07, 6.45) is 7.15. The number of hydrogen-bond donors (Lipinski definition) is 0. The fourth-order valence-corrected chi connectivity index (χ4v) is 3.29. The van der Waals surface area contributed by atoms with Crippen molar-refractivity contribution in [3.8, 4) is 6.07 Å². The van der Waals surface area contributed by atoms with Gasteiger partial charge in [0.25, 0.3) is 0 Å². The quantitative estimate of drug-likeness (QED) is 0.188. The predicted molar refractivity (Wildman–Crippen MR) is 117 cm³/mol. The van der Waals surface area contributed by atoms with Crippen molar-refractivity contribution in [1.82, 2.24) is 0 Å². The van der Waals surface area contributed by atoms with Crippen molar-refractivity contribution in [2.24, 2.45) is 0 Å². The van der Waals surface area contributed by atoms with E-state index in [1.165, 1.54) is 11.1 Å². The van der Waals surface area contributed by atoms with E-state index in [0.717, 1.165) is 44.1 Å². The van der Waals surface area contributed by atoms with Crippen LogP contribution < -0.4 is 0 Å². The zero-order valence-electron chi connectivity index (χ0n) is 17.4. The Hall–Kier alpha value is -2.86. The van der Waals surface area contributed by atoms with Crippen molar-refractivity contribution in [2.45, 2.75) is 58.3 Å². The summed E-state index contributed by atoms with van der Waals surface area (Å²) in [5.74, 6) is -0.472. The lowest BCUT2D eigenvalue weighted by Gasteiger charge is -2.12. The Morgan fingerprint density at radius 2 is 1.41 bits per heavy atom. The van der Waals surface area contributed by atoms with Crippen molar-refractivity contribution in [3.05, 3.63) is 82.9 Å². The minimum absolute atomic E-state index is 0.187. The van der Waals surface area contributed by atoms with Crippen LogP contribution >= 0.6 is 0 Å². The molecule has 0 unspecified atom stereocenters. The molecule has 152 valence electrons. The van der Waals surface area contributed by atoms with Gasteiger partial charge in [0.2, 0.25) is 0 Å². The monoisotopic (exact) mass is 389 g/mol. The molecule has 2 aromatic rings. The van der Waals surface area contributed by atoms with Crippen LogP contribution in [-0.4, -0.2) is 12.6 Å². The maximum Gasteiger partial charge on any atom is 0.348 e. The van der Waals surface area contributed by atoms with Gasteiger partial charge in [0.05, 0.1) is 6.61 Å². The number of esters is 1. The molecular formula is C26H31NO2. The standard InChI is InChI=1S/C26H31NO2/c1-2-3-4-11-20-29-26(28)25(21-27)24(18-16-22-12-7-5-8-13-22)19-17-23-14-9-6-10-15-23/h5-10,12-15H,2-4,11,16-20H2,1H3. The van der Waals surface area contributed by atoms with Crippen LogP contribution in [0.3, 0.4) is 0 Å². The van der Waals surface area contributed by atoms with E-state index in [1.807, 2.05) is 36.4 Å². The van der Waals surface area contributed by atoms with Crippen LogP contribution in [0.5, 0.6) is 0 Å². The van der Waals surface area contributed by atoms with E-state index in [-0.39, 0.29) is 5.57 Å². The van der Waals surface area contributed by atoms with Crippen molar-refractivity contribution in [2.75, 3.05) is 6.61 Å². The van der Waals surface area contributed by atoms with E-state index in [9.17, 15) is 10.1 Å². The summed E-state index contributed by atoms with van der Waals surface area (Å²) in [5, 5.41) is 9.69. The van der Waals surface area contributed by atoms with Crippen molar-refractivity contribution in [1.29, 1.82) is 5.26 Å². The summed E-state index contributed by atoms with van der Waals surface area (Å²) in [6, 6.07) is 22.5. The van der Waals surface area contributed by atoms with Gasteiger partial charge in [0.1, 0.15) is 11.6 Å². The number of rotatable bonds is 12. The summed E-state index contributed by atoms with van der Waals surface area (Å²) in [4.78, 5) is 12.6. The lowest BCUT2D eigenvalue weighted by molar-refractivity contribution is -0.138. The molecule has 0 atom stereocenters. The van der Waals surface area contributed by atoms with Gasteiger partial charge in [-0.05, 0) is 48.8 Å². The van der Waals surface area contributed by atoms with Crippen LogP contribution in [-0.2, 0) is 22.4 Å². The van der Waals surface area contributed by atoms with E-state index in [4.69, 9.17) is 4.74 Å². The smallest absolute Gasteiger partial charge is 0.348 e. The molecule has 0 fully saturated rings. The number of hydrogen-bond acceptors (Lipinski definition) is 3. The molecule has 3 nitrogen and oxygen atoms in total. The molecule has 0 N–H and O–H groups in total. The Morgan fingerprint density at radius 3 is 1.90 bits per heavy atom. The second-order valence-corrected chi connectivity index (χ2v) is 7.26. The van der Waals surface area contributed by atoms with Gasteiger partial charge in [-0.15, -0.1) is 0 Å². The average molecular weight is 390 g/mol. The molecule has 0 aliphatic heterocycles. The summed E-state index contributed by atoms with van der Waals surface area (Å²) < 4.78 is 5.41. The fourth-order valence-electron chi connectivity index (χ4n) is 3.29. The SMILES string of the molecule is CCCCCCOC(=O)C(C#N)=C(CCc1ccccc1)CCc1ccccc1. The number of carbonyl (C=O) groups is 1. The maximum absolute atomic E-state index is 12.6. The Morgan fingerprint density at radius 1 is 0.862 bits per heavy atom. The van der Waals surface area contributed by atoms with E-state index in [0.29, 0.717) is 19.4 Å². The molecule has 0 spiro atoms. The van der Waals surface area contributed by atoms with Gasteiger partial charge < -0.3 is 4.74 Å². The Balaban J connectivity index is 2.08. The fraction of sp³-hybridized carbons (Fsp3) is 0.385. The first-order chi connectivity index (χ1) is 14.2. The van der Waals surface area contributed by atoms with Gasteiger partial charge in [-0.1, -0.05) is 86.8 Å². The molecule has 0 saturated carbocycles. The van der Waals surface area contributed by atoms with Crippen LogP contribution in [0.25, 0.3) is 0 Å². The molecule has 0 amide bonds. The maximum atomic E-state index is 12.6. The second kappa shape index (κ2) is 13.3. The molecule has 0 bridgehead atoms.